The van der Waals surface area contributed by atoms with Crippen LogP contribution in [0.15, 0.2) is 65.7 Å². The minimum absolute atomic E-state index is 0.206. The maximum absolute atomic E-state index is 13.0. The Labute approximate surface area is 246 Å². The van der Waals surface area contributed by atoms with Crippen LogP contribution in [0.4, 0.5) is 17.2 Å². The molecule has 4 aromatic rings. The molecule has 0 bridgehead atoms. The van der Waals surface area contributed by atoms with E-state index < -0.39 is 10.0 Å². The third-order valence-electron chi connectivity index (χ3n) is 8.60. The zero-order valence-corrected chi connectivity index (χ0v) is 24.4. The van der Waals surface area contributed by atoms with Crippen molar-refractivity contribution in [1.82, 2.24) is 14.3 Å². The molecule has 0 unspecified atom stereocenters. The topological polar surface area (TPSA) is 114 Å². The first-order valence-electron chi connectivity index (χ1n) is 14.8. The van der Waals surface area contributed by atoms with E-state index in [0.717, 1.165) is 54.7 Å². The van der Waals surface area contributed by atoms with E-state index >= 15 is 0 Å². The summed E-state index contributed by atoms with van der Waals surface area (Å²) in [7, 11) is -3.54. The molecule has 4 heterocycles. The van der Waals surface area contributed by atoms with Gasteiger partial charge in [0.15, 0.2) is 0 Å². The van der Waals surface area contributed by atoms with Crippen LogP contribution in [0.5, 0.6) is 0 Å². The fourth-order valence-corrected chi connectivity index (χ4v) is 7.81. The van der Waals surface area contributed by atoms with Crippen molar-refractivity contribution in [2.24, 2.45) is 5.73 Å². The number of nitrogens with one attached hydrogen (secondary N) is 1. The third kappa shape index (κ3) is 5.24. The standard InChI is InChI=1S/C32H36N6O3S/c33-24-12-14-37(21-24)32-27-3-1-2-4-29(27)36-30-10-5-22(19-28(30)32)23-11-13-34-31(20-23)35-25-6-8-26(9-7-25)42(39,40)38-15-17-41-18-16-38/h5-11,13,19-20,24H,1-4,12,14-18,21,33H2,(H,34,35)/t24-/m0/s1. The molecule has 2 aromatic carbocycles. The van der Waals surface area contributed by atoms with Crippen LogP contribution in [0.3, 0.4) is 0 Å². The lowest BCUT2D eigenvalue weighted by Gasteiger charge is -2.28. The maximum atomic E-state index is 13.0. The van der Waals surface area contributed by atoms with E-state index in [0.29, 0.717) is 32.1 Å². The van der Waals surface area contributed by atoms with Crippen LogP contribution in [-0.4, -0.2) is 68.1 Å². The van der Waals surface area contributed by atoms with Crippen LogP contribution >= 0.6 is 0 Å². The fraction of sp³-hybridized carbons (Fsp3) is 0.375. The van der Waals surface area contributed by atoms with Gasteiger partial charge in [-0.2, -0.15) is 4.31 Å². The SMILES string of the molecule is N[C@H]1CCN(c2c3c(nc4ccc(-c5ccnc(Nc6ccc(S(=O)(=O)N7CCOCC7)cc6)c5)cc24)CCCC3)C1. The van der Waals surface area contributed by atoms with Gasteiger partial charge in [-0.15, -0.1) is 0 Å². The summed E-state index contributed by atoms with van der Waals surface area (Å²) in [6.07, 6.45) is 7.31. The number of pyridine rings is 2. The Hall–Kier alpha value is -3.57. The Morgan fingerprint density at radius 2 is 1.71 bits per heavy atom. The second kappa shape index (κ2) is 11.3. The minimum Gasteiger partial charge on any atom is -0.379 e. The van der Waals surface area contributed by atoms with Crippen LogP contribution in [-0.2, 0) is 27.6 Å². The summed E-state index contributed by atoms with van der Waals surface area (Å²) < 4.78 is 32.7. The Kier molecular flexibility index (Phi) is 7.31. The highest BCUT2D eigenvalue weighted by Crippen LogP contribution is 2.39. The predicted molar refractivity (Wildman–Crippen MR) is 166 cm³/mol. The van der Waals surface area contributed by atoms with Crippen molar-refractivity contribution in [3.8, 4) is 11.1 Å². The minimum atomic E-state index is -3.54. The molecular weight excluding hydrogens is 548 g/mol. The highest BCUT2D eigenvalue weighted by Gasteiger charge is 2.28. The van der Waals surface area contributed by atoms with Gasteiger partial charge in [-0.05, 0) is 97.3 Å². The molecule has 2 fully saturated rings. The van der Waals surface area contributed by atoms with Crippen molar-refractivity contribution in [2.75, 3.05) is 49.6 Å². The molecule has 10 heteroatoms. The van der Waals surface area contributed by atoms with Gasteiger partial charge in [0, 0.05) is 55.2 Å². The molecule has 0 saturated carbocycles. The summed E-state index contributed by atoms with van der Waals surface area (Å²) in [6.45, 7) is 3.45. The molecule has 1 aliphatic carbocycles. The van der Waals surface area contributed by atoms with Gasteiger partial charge in [0.1, 0.15) is 5.82 Å². The smallest absolute Gasteiger partial charge is 0.243 e. The highest BCUT2D eigenvalue weighted by molar-refractivity contribution is 7.89. The van der Waals surface area contributed by atoms with Gasteiger partial charge in [0.05, 0.1) is 29.3 Å². The molecule has 2 aliphatic heterocycles. The molecular formula is C32H36N6O3S. The number of anilines is 3. The first-order valence-corrected chi connectivity index (χ1v) is 16.3. The number of nitrogens with two attached hydrogens (primary N) is 1. The van der Waals surface area contributed by atoms with Gasteiger partial charge in [-0.3, -0.25) is 4.98 Å². The van der Waals surface area contributed by atoms with Crippen molar-refractivity contribution in [2.45, 2.75) is 43.0 Å². The van der Waals surface area contributed by atoms with Crippen LogP contribution in [0, 0.1) is 0 Å². The van der Waals surface area contributed by atoms with Crippen LogP contribution in [0.25, 0.3) is 22.0 Å². The Morgan fingerprint density at radius 1 is 0.929 bits per heavy atom. The number of fused-ring (bicyclic) bond motifs is 2. The molecule has 9 nitrogen and oxygen atoms in total. The summed E-state index contributed by atoms with van der Waals surface area (Å²) in [5, 5.41) is 4.52. The molecule has 1 atom stereocenters. The summed E-state index contributed by atoms with van der Waals surface area (Å²) >= 11 is 0. The lowest BCUT2D eigenvalue weighted by molar-refractivity contribution is 0.0730. The van der Waals surface area contributed by atoms with E-state index in [1.54, 1.807) is 30.5 Å². The zero-order chi connectivity index (χ0) is 28.7. The quantitative estimate of drug-likeness (QED) is 0.341. The van der Waals surface area contributed by atoms with Gasteiger partial charge < -0.3 is 20.7 Å². The first-order chi connectivity index (χ1) is 20.5. The fourth-order valence-electron chi connectivity index (χ4n) is 6.40. The molecule has 2 aromatic heterocycles. The summed E-state index contributed by atoms with van der Waals surface area (Å²) in [5.41, 5.74) is 14.3. The third-order valence-corrected chi connectivity index (χ3v) is 10.5. The molecule has 3 aliphatic rings. The summed E-state index contributed by atoms with van der Waals surface area (Å²) in [6, 6.07) is 17.6. The number of benzene rings is 2. The predicted octanol–water partition coefficient (Wildman–Crippen LogP) is 4.48. The molecule has 0 spiro atoms. The average Bonchev–Trinajstić information content (AvgIpc) is 3.46. The van der Waals surface area contributed by atoms with Gasteiger partial charge in [-0.1, -0.05) is 6.07 Å². The van der Waals surface area contributed by atoms with Crippen molar-refractivity contribution >= 4 is 38.1 Å². The normalized spacial score (nSPS) is 19.6. The van der Waals surface area contributed by atoms with Crippen LogP contribution in [0.1, 0.15) is 30.5 Å². The summed E-state index contributed by atoms with van der Waals surface area (Å²) in [4.78, 5) is 12.4. The molecule has 2 saturated heterocycles. The second-order valence-corrected chi connectivity index (χ2v) is 13.4. The number of hydrogen-bond donors (Lipinski definition) is 2. The maximum Gasteiger partial charge on any atom is 0.243 e. The largest absolute Gasteiger partial charge is 0.379 e. The molecule has 0 radical (unpaired) electrons. The van der Waals surface area contributed by atoms with Crippen molar-refractivity contribution in [1.29, 1.82) is 0 Å². The molecule has 0 amide bonds. The lowest BCUT2D eigenvalue weighted by Crippen LogP contribution is -2.40. The van der Waals surface area contributed by atoms with Crippen molar-refractivity contribution in [3.05, 3.63) is 72.1 Å². The Balaban J connectivity index is 1.17. The average molecular weight is 585 g/mol. The zero-order valence-electron chi connectivity index (χ0n) is 23.6. The second-order valence-electron chi connectivity index (χ2n) is 11.4. The molecule has 42 heavy (non-hydrogen) atoms. The number of rotatable bonds is 6. The molecule has 7 rings (SSSR count). The number of sulfonamides is 1. The number of morpholine rings is 1. The van der Waals surface area contributed by atoms with Crippen molar-refractivity contribution < 1.29 is 13.2 Å². The summed E-state index contributed by atoms with van der Waals surface area (Å²) in [5.74, 6) is 0.686. The number of hydrogen-bond acceptors (Lipinski definition) is 8. The van der Waals surface area contributed by atoms with E-state index in [2.05, 4.69) is 33.4 Å². The first kappa shape index (κ1) is 27.3. The van der Waals surface area contributed by atoms with Crippen LogP contribution < -0.4 is 16.0 Å². The van der Waals surface area contributed by atoms with Crippen molar-refractivity contribution in [3.63, 3.8) is 0 Å². The van der Waals surface area contributed by atoms with E-state index in [-0.39, 0.29) is 10.9 Å². The Bertz CT molecular complexity index is 1720. The van der Waals surface area contributed by atoms with Gasteiger partial charge in [0.2, 0.25) is 10.0 Å². The highest BCUT2D eigenvalue weighted by atomic mass is 32.2. The van der Waals surface area contributed by atoms with E-state index in [4.69, 9.17) is 15.5 Å². The number of ether oxygens (including phenoxy) is 1. The molecule has 3 N–H and O–H groups in total. The van der Waals surface area contributed by atoms with Gasteiger partial charge in [0.25, 0.3) is 0 Å². The van der Waals surface area contributed by atoms with E-state index in [1.165, 1.54) is 39.5 Å². The number of aryl methyl sites for hydroxylation is 1. The van der Waals surface area contributed by atoms with Crippen LogP contribution in [0.2, 0.25) is 0 Å². The number of nitrogens with zero attached hydrogens (tertiary/aromatic N) is 4. The van der Waals surface area contributed by atoms with E-state index in [1.807, 2.05) is 12.1 Å². The Morgan fingerprint density at radius 3 is 2.50 bits per heavy atom. The monoisotopic (exact) mass is 584 g/mol. The van der Waals surface area contributed by atoms with E-state index in [9.17, 15) is 8.42 Å². The molecule has 218 valence electrons. The lowest BCUT2D eigenvalue weighted by atomic mass is 9.91. The van der Waals surface area contributed by atoms with Gasteiger partial charge in [-0.25, -0.2) is 13.4 Å². The number of aromatic nitrogens is 2. The van der Waals surface area contributed by atoms with Gasteiger partial charge >= 0.3 is 0 Å².